The number of nitrogens with one attached hydrogen (secondary N) is 2. The van der Waals surface area contributed by atoms with Gasteiger partial charge in [-0.1, -0.05) is 0 Å². The first-order chi connectivity index (χ1) is 17.6. The number of likely N-dealkylation sites (N-methyl/N-ethyl adjacent to an activating group) is 1. The van der Waals surface area contributed by atoms with E-state index in [1.54, 1.807) is 19.1 Å². The van der Waals surface area contributed by atoms with Crippen molar-refractivity contribution >= 4 is 12.3 Å². The zero-order chi connectivity index (χ0) is 26.7. The van der Waals surface area contributed by atoms with Crippen molar-refractivity contribution in [3.63, 3.8) is 0 Å². The maximum atomic E-state index is 13.9. The predicted octanol–water partition coefficient (Wildman–Crippen LogP) is 3.83. The normalized spacial score (nSPS) is 25.8. The van der Waals surface area contributed by atoms with E-state index in [4.69, 9.17) is 0 Å². The van der Waals surface area contributed by atoms with Gasteiger partial charge in [-0.2, -0.15) is 18.3 Å². The minimum absolute atomic E-state index is 0.0119. The number of piperidine rings is 2. The number of aromatic amines is 1. The van der Waals surface area contributed by atoms with E-state index in [0.29, 0.717) is 47.6 Å². The third-order valence-corrected chi connectivity index (χ3v) is 7.52. The first-order valence-electron chi connectivity index (χ1n) is 12.6. The summed E-state index contributed by atoms with van der Waals surface area (Å²) in [6.07, 6.45) is 3.54. The molecule has 3 aliphatic heterocycles. The van der Waals surface area contributed by atoms with Gasteiger partial charge in [0.15, 0.2) is 5.82 Å². The number of hydrogen-bond donors (Lipinski definition) is 2. The summed E-state index contributed by atoms with van der Waals surface area (Å²) >= 11 is 0. The lowest BCUT2D eigenvalue weighted by molar-refractivity contribution is -0.188. The molecule has 2 amide bonds. The van der Waals surface area contributed by atoms with Crippen LogP contribution in [0.2, 0.25) is 0 Å². The fourth-order valence-corrected chi connectivity index (χ4v) is 5.69. The summed E-state index contributed by atoms with van der Waals surface area (Å²) < 4.78 is 51.1. The molecule has 2 aromatic rings. The summed E-state index contributed by atoms with van der Waals surface area (Å²) in [5.74, 6) is -0.443. The van der Waals surface area contributed by atoms with Gasteiger partial charge in [-0.25, -0.2) is 4.39 Å². The van der Waals surface area contributed by atoms with Crippen LogP contribution in [0.1, 0.15) is 61.1 Å². The smallest absolute Gasteiger partial charge is 0.355 e. The lowest BCUT2D eigenvalue weighted by Crippen LogP contribution is -2.53. The Hall–Kier alpha value is -3.02. The third kappa shape index (κ3) is 6.11. The summed E-state index contributed by atoms with van der Waals surface area (Å²) in [5.41, 5.74) is 1.97. The van der Waals surface area contributed by atoms with Crippen molar-refractivity contribution in [2.45, 2.75) is 82.2 Å². The van der Waals surface area contributed by atoms with Gasteiger partial charge in [0.05, 0.1) is 11.9 Å². The van der Waals surface area contributed by atoms with Crippen molar-refractivity contribution in [3.05, 3.63) is 35.5 Å². The molecule has 0 spiro atoms. The molecule has 2 bridgehead atoms. The summed E-state index contributed by atoms with van der Waals surface area (Å²) in [6, 6.07) is 2.47. The number of aromatic nitrogens is 3. The average molecular weight is 525 g/mol. The van der Waals surface area contributed by atoms with Crippen LogP contribution in [0, 0.1) is 12.7 Å². The maximum Gasteiger partial charge on any atom is 0.404 e. The summed E-state index contributed by atoms with van der Waals surface area (Å²) in [4.78, 5) is 30.1. The summed E-state index contributed by atoms with van der Waals surface area (Å²) in [7, 11) is 1.43. The standard InChI is InChI=1S/C17H19FN4O.C8H13F3N2O/c1-10-7-13(14(18)9-19-10)15-8-16(21-20-15)17(23)22-11-3-2-4-12(22)6-5-11;1-13-4-6(12-5-14)2-3-7(13)8(9,10)11/h7-9,11-12H,2-6H2,1H3,(H,20,21);5-7H,2-4H2,1H3,(H,12,14)/t11-,12?;/m1./s1. The van der Waals surface area contributed by atoms with E-state index >= 15 is 0 Å². The molecule has 0 saturated carbocycles. The fourth-order valence-electron chi connectivity index (χ4n) is 5.69. The number of nitrogens with zero attached hydrogens (tertiary/aromatic N) is 4. The maximum absolute atomic E-state index is 13.9. The largest absolute Gasteiger partial charge is 0.404 e. The molecule has 37 heavy (non-hydrogen) atoms. The number of fused-ring (bicyclic) bond motifs is 2. The van der Waals surface area contributed by atoms with Crippen molar-refractivity contribution in [2.75, 3.05) is 13.6 Å². The van der Waals surface area contributed by atoms with Gasteiger partial charge in [0.1, 0.15) is 11.7 Å². The molecule has 3 saturated heterocycles. The summed E-state index contributed by atoms with van der Waals surface area (Å²) in [6.45, 7) is 2.05. The second kappa shape index (κ2) is 11.2. The molecule has 5 heterocycles. The number of alkyl halides is 3. The van der Waals surface area contributed by atoms with Crippen LogP contribution in [0.25, 0.3) is 11.3 Å². The lowest BCUT2D eigenvalue weighted by atomic mass is 9.99. The number of likely N-dealkylation sites (tertiary alicyclic amines) is 1. The molecular weight excluding hydrogens is 492 g/mol. The van der Waals surface area contributed by atoms with Crippen LogP contribution < -0.4 is 5.32 Å². The van der Waals surface area contributed by atoms with Gasteiger partial charge in [-0.05, 0) is 71.0 Å². The average Bonchev–Trinajstić information content (AvgIpc) is 3.42. The highest BCUT2D eigenvalue weighted by Crippen LogP contribution is 2.36. The van der Waals surface area contributed by atoms with Crippen LogP contribution in [0.3, 0.4) is 0 Å². The number of pyridine rings is 1. The van der Waals surface area contributed by atoms with E-state index in [2.05, 4.69) is 20.5 Å². The molecule has 2 N–H and O–H groups in total. The number of carbonyl (C=O) groups excluding carboxylic acids is 2. The molecule has 12 heteroatoms. The number of carbonyl (C=O) groups is 2. The van der Waals surface area contributed by atoms with Crippen LogP contribution in [-0.2, 0) is 4.79 Å². The third-order valence-electron chi connectivity index (χ3n) is 7.52. The molecule has 3 unspecified atom stereocenters. The van der Waals surface area contributed by atoms with E-state index in [1.807, 2.05) is 4.90 Å². The highest BCUT2D eigenvalue weighted by molar-refractivity contribution is 5.94. The minimum atomic E-state index is -4.17. The Morgan fingerprint density at radius 3 is 2.46 bits per heavy atom. The van der Waals surface area contributed by atoms with Gasteiger partial charge in [0.2, 0.25) is 6.41 Å². The van der Waals surface area contributed by atoms with Crippen LogP contribution in [0.4, 0.5) is 17.6 Å². The van der Waals surface area contributed by atoms with Crippen molar-refractivity contribution in [1.82, 2.24) is 30.3 Å². The van der Waals surface area contributed by atoms with E-state index < -0.39 is 18.0 Å². The van der Waals surface area contributed by atoms with Crippen molar-refractivity contribution in [3.8, 4) is 11.3 Å². The molecule has 0 aliphatic carbocycles. The molecule has 0 radical (unpaired) electrons. The van der Waals surface area contributed by atoms with E-state index in [-0.39, 0.29) is 24.9 Å². The minimum Gasteiger partial charge on any atom is -0.355 e. The van der Waals surface area contributed by atoms with Gasteiger partial charge in [0.25, 0.3) is 5.91 Å². The molecule has 3 fully saturated rings. The second-order valence-corrected chi connectivity index (χ2v) is 10.1. The SMILES string of the molecule is CN1CC(NC=O)CCC1C(F)(F)F.Cc1cc(-c2cc(C(=O)N3C4CCC[C@@H]3CC4)[nH]n2)c(F)cn1. The number of aryl methyl sites for hydroxylation is 1. The zero-order valence-corrected chi connectivity index (χ0v) is 20.9. The van der Waals surface area contributed by atoms with Gasteiger partial charge < -0.3 is 10.2 Å². The number of rotatable bonds is 4. The topological polar surface area (TPSA) is 94.2 Å². The molecule has 2 aromatic heterocycles. The molecular formula is C25H32F4N6O2. The van der Waals surface area contributed by atoms with Gasteiger partial charge in [0, 0.05) is 35.9 Å². The number of amides is 2. The Labute approximate surface area is 212 Å². The number of hydrogen-bond acceptors (Lipinski definition) is 5. The number of H-pyrrole nitrogens is 1. The van der Waals surface area contributed by atoms with Gasteiger partial charge >= 0.3 is 6.18 Å². The lowest BCUT2D eigenvalue weighted by Gasteiger charge is -2.37. The monoisotopic (exact) mass is 524 g/mol. The molecule has 3 aliphatic rings. The Balaban J connectivity index is 0.000000197. The van der Waals surface area contributed by atoms with Crippen molar-refractivity contribution < 1.29 is 27.2 Å². The van der Waals surface area contributed by atoms with Gasteiger partial charge in [-0.15, -0.1) is 0 Å². The summed E-state index contributed by atoms with van der Waals surface area (Å²) in [5, 5.41) is 9.42. The quantitative estimate of drug-likeness (QED) is 0.468. The highest BCUT2D eigenvalue weighted by Gasteiger charge is 2.44. The molecule has 202 valence electrons. The van der Waals surface area contributed by atoms with Crippen molar-refractivity contribution in [1.29, 1.82) is 0 Å². The zero-order valence-electron chi connectivity index (χ0n) is 20.9. The molecule has 8 nitrogen and oxygen atoms in total. The first-order valence-corrected chi connectivity index (χ1v) is 12.6. The van der Waals surface area contributed by atoms with Crippen LogP contribution in [0.15, 0.2) is 18.3 Å². The van der Waals surface area contributed by atoms with Crippen LogP contribution in [-0.4, -0.2) is 81.2 Å². The van der Waals surface area contributed by atoms with Crippen LogP contribution >= 0.6 is 0 Å². The number of halogens is 4. The Bertz CT molecular complexity index is 1090. The van der Waals surface area contributed by atoms with E-state index in [9.17, 15) is 27.2 Å². The molecule has 4 atom stereocenters. The first kappa shape index (κ1) is 27.0. The Morgan fingerprint density at radius 1 is 1.14 bits per heavy atom. The van der Waals surface area contributed by atoms with E-state index in [1.165, 1.54) is 24.6 Å². The van der Waals surface area contributed by atoms with Crippen molar-refractivity contribution in [2.24, 2.45) is 0 Å². The second-order valence-electron chi connectivity index (χ2n) is 10.1. The molecule has 0 aromatic carbocycles. The van der Waals surface area contributed by atoms with Crippen LogP contribution in [0.5, 0.6) is 0 Å². The molecule has 5 rings (SSSR count). The Morgan fingerprint density at radius 2 is 1.84 bits per heavy atom. The highest BCUT2D eigenvalue weighted by atomic mass is 19.4. The Kier molecular flexibility index (Phi) is 8.15. The van der Waals surface area contributed by atoms with Gasteiger partial charge in [-0.3, -0.25) is 24.6 Å². The van der Waals surface area contributed by atoms with E-state index in [0.717, 1.165) is 25.7 Å². The fraction of sp³-hybridized carbons (Fsp3) is 0.600. The predicted molar refractivity (Wildman–Crippen MR) is 128 cm³/mol.